The summed E-state index contributed by atoms with van der Waals surface area (Å²) in [4.78, 5) is 21.8. The monoisotopic (exact) mass is 267 g/mol. The smallest absolute Gasteiger partial charge is 0.407 e. The summed E-state index contributed by atoms with van der Waals surface area (Å²) in [6.07, 6.45) is -4.91. The van der Waals surface area contributed by atoms with Gasteiger partial charge in [0.05, 0.1) is 17.9 Å². The fourth-order valence-corrected chi connectivity index (χ4v) is 1.76. The molecule has 1 fully saturated rings. The average molecular weight is 267 g/mol. The van der Waals surface area contributed by atoms with E-state index in [4.69, 9.17) is 5.11 Å². The molecule has 0 unspecified atom stereocenters. The van der Waals surface area contributed by atoms with Gasteiger partial charge < -0.3 is 15.2 Å². The lowest BCUT2D eigenvalue weighted by Crippen LogP contribution is -2.60. The van der Waals surface area contributed by atoms with Crippen LogP contribution in [0.5, 0.6) is 0 Å². The van der Waals surface area contributed by atoms with E-state index >= 15 is 0 Å². The van der Waals surface area contributed by atoms with Gasteiger partial charge in [-0.2, -0.15) is 13.2 Å². The molecule has 1 saturated carbocycles. The van der Waals surface area contributed by atoms with Crippen LogP contribution in [0.1, 0.15) is 6.42 Å². The van der Waals surface area contributed by atoms with Crippen molar-refractivity contribution in [2.24, 2.45) is 11.8 Å². The van der Waals surface area contributed by atoms with Crippen molar-refractivity contribution in [2.45, 2.75) is 18.6 Å². The maximum absolute atomic E-state index is 12.5. The number of carboxylic acid groups (broad SMARTS) is 1. The fourth-order valence-electron chi connectivity index (χ4n) is 1.76. The highest BCUT2D eigenvalue weighted by Crippen LogP contribution is 2.45. The van der Waals surface area contributed by atoms with E-state index in [1.807, 2.05) is 5.32 Å². The second kappa shape index (κ2) is 5.28. The van der Waals surface area contributed by atoms with Crippen LogP contribution in [0.25, 0.3) is 0 Å². The van der Waals surface area contributed by atoms with Gasteiger partial charge in [0, 0.05) is 0 Å². The van der Waals surface area contributed by atoms with E-state index in [0.717, 1.165) is 0 Å². The van der Waals surface area contributed by atoms with Gasteiger partial charge in [-0.25, -0.2) is 4.79 Å². The molecule has 102 valence electrons. The van der Waals surface area contributed by atoms with E-state index < -0.39 is 42.5 Å². The van der Waals surface area contributed by atoms with Crippen molar-refractivity contribution in [2.75, 3.05) is 6.61 Å². The molecule has 0 heterocycles. The highest BCUT2D eigenvalue weighted by molar-refractivity contribution is 5.75. The van der Waals surface area contributed by atoms with Crippen molar-refractivity contribution < 1.29 is 32.6 Å². The summed E-state index contributed by atoms with van der Waals surface area (Å²) in [6, 6.07) is -1.49. The molecule has 1 aliphatic rings. The Kier molecular flexibility index (Phi) is 4.20. The van der Waals surface area contributed by atoms with Crippen molar-refractivity contribution in [3.63, 3.8) is 0 Å². The minimum atomic E-state index is -4.54. The van der Waals surface area contributed by atoms with Crippen LogP contribution in [0, 0.1) is 11.8 Å². The van der Waals surface area contributed by atoms with E-state index in [9.17, 15) is 22.8 Å². The highest BCUT2D eigenvalue weighted by Gasteiger charge is 2.58. The van der Waals surface area contributed by atoms with Gasteiger partial charge in [0.15, 0.2) is 0 Å². The van der Waals surface area contributed by atoms with Gasteiger partial charge in [-0.1, -0.05) is 12.7 Å². The van der Waals surface area contributed by atoms with Crippen LogP contribution in [-0.4, -0.2) is 36.0 Å². The Labute approximate surface area is 101 Å². The maximum atomic E-state index is 12.5. The number of nitrogens with one attached hydrogen (secondary N) is 1. The van der Waals surface area contributed by atoms with E-state index in [1.54, 1.807) is 0 Å². The minimum Gasteiger partial charge on any atom is -0.481 e. The third kappa shape index (κ3) is 3.14. The summed E-state index contributed by atoms with van der Waals surface area (Å²) in [7, 11) is 0. The Bertz CT molecular complexity index is 356. The maximum Gasteiger partial charge on any atom is 0.407 e. The normalized spacial score (nSPS) is 26.9. The number of amides is 1. The van der Waals surface area contributed by atoms with Crippen LogP contribution >= 0.6 is 0 Å². The first-order valence-corrected chi connectivity index (χ1v) is 5.11. The molecule has 0 aromatic carbocycles. The number of halogens is 3. The zero-order valence-electron chi connectivity index (χ0n) is 9.24. The van der Waals surface area contributed by atoms with E-state index in [2.05, 4.69) is 11.3 Å². The molecular weight excluding hydrogens is 255 g/mol. The number of rotatable bonds is 4. The van der Waals surface area contributed by atoms with Crippen LogP contribution in [0.2, 0.25) is 0 Å². The lowest BCUT2D eigenvalue weighted by atomic mass is 9.69. The van der Waals surface area contributed by atoms with Crippen molar-refractivity contribution >= 4 is 12.1 Å². The molecule has 3 atom stereocenters. The van der Waals surface area contributed by atoms with Crippen molar-refractivity contribution in [1.82, 2.24) is 5.32 Å². The molecule has 0 saturated heterocycles. The van der Waals surface area contributed by atoms with Gasteiger partial charge >= 0.3 is 18.2 Å². The molecule has 5 nitrogen and oxygen atoms in total. The molecule has 0 spiro atoms. The number of hydrogen-bond acceptors (Lipinski definition) is 3. The number of ether oxygens (including phenoxy) is 1. The summed E-state index contributed by atoms with van der Waals surface area (Å²) in [5.74, 6) is -4.47. The molecule has 0 radical (unpaired) electrons. The predicted molar refractivity (Wildman–Crippen MR) is 53.8 cm³/mol. The first-order chi connectivity index (χ1) is 8.27. The lowest BCUT2D eigenvalue weighted by molar-refractivity contribution is -0.217. The topological polar surface area (TPSA) is 75.6 Å². The Hall–Kier alpha value is -1.73. The van der Waals surface area contributed by atoms with Gasteiger partial charge in [0.25, 0.3) is 0 Å². The van der Waals surface area contributed by atoms with Crippen molar-refractivity contribution in [3.8, 4) is 0 Å². The summed E-state index contributed by atoms with van der Waals surface area (Å²) >= 11 is 0. The number of hydrogen-bond donors (Lipinski definition) is 2. The van der Waals surface area contributed by atoms with Crippen LogP contribution in [0.4, 0.5) is 18.0 Å². The van der Waals surface area contributed by atoms with Gasteiger partial charge in [0.2, 0.25) is 0 Å². The predicted octanol–water partition coefficient (Wildman–Crippen LogP) is 1.55. The van der Waals surface area contributed by atoms with Crippen LogP contribution in [0.3, 0.4) is 0 Å². The molecule has 18 heavy (non-hydrogen) atoms. The number of alkyl halides is 3. The molecule has 1 aliphatic carbocycles. The third-order valence-corrected chi connectivity index (χ3v) is 2.73. The molecule has 0 aliphatic heterocycles. The largest absolute Gasteiger partial charge is 0.481 e. The molecule has 0 aromatic heterocycles. The van der Waals surface area contributed by atoms with Crippen LogP contribution in [-0.2, 0) is 9.53 Å². The number of carboxylic acids is 1. The summed E-state index contributed by atoms with van der Waals surface area (Å²) in [6.45, 7) is 3.10. The summed E-state index contributed by atoms with van der Waals surface area (Å²) < 4.78 is 41.9. The average Bonchev–Trinajstić information content (AvgIpc) is 2.18. The van der Waals surface area contributed by atoms with Crippen molar-refractivity contribution in [1.29, 1.82) is 0 Å². The quantitative estimate of drug-likeness (QED) is 0.758. The fraction of sp³-hybridized carbons (Fsp3) is 0.600. The molecule has 1 rings (SSSR count). The Morgan fingerprint density at radius 3 is 2.56 bits per heavy atom. The van der Waals surface area contributed by atoms with E-state index in [-0.39, 0.29) is 6.61 Å². The van der Waals surface area contributed by atoms with Gasteiger partial charge in [-0.05, 0) is 6.42 Å². The summed E-state index contributed by atoms with van der Waals surface area (Å²) in [5.41, 5.74) is 0. The van der Waals surface area contributed by atoms with Gasteiger partial charge in [-0.15, -0.1) is 0 Å². The second-order valence-electron chi connectivity index (χ2n) is 3.89. The van der Waals surface area contributed by atoms with Gasteiger partial charge in [-0.3, -0.25) is 4.79 Å². The number of alkyl carbamates (subject to hydrolysis) is 1. The molecular formula is C10H12F3NO4. The summed E-state index contributed by atoms with van der Waals surface area (Å²) in [5, 5.41) is 10.6. The SMILES string of the molecule is C=CCOC(=O)N[C@H]1[C@H](C(F)(F)F)C[C@H]1C(=O)O. The highest BCUT2D eigenvalue weighted by atomic mass is 19.4. The number of aliphatic carboxylic acids is 1. The standard InChI is InChI=1S/C10H12F3NO4/c1-2-3-18-9(17)14-7-5(8(15)16)4-6(7)10(11,12)13/h2,5-7H,1,3-4H2,(H,14,17)(H,15,16)/t5-,6-,7-/m1/s1. The third-order valence-electron chi connectivity index (χ3n) is 2.73. The molecule has 1 amide bonds. The Morgan fingerprint density at radius 2 is 2.11 bits per heavy atom. The first kappa shape index (κ1) is 14.3. The lowest BCUT2D eigenvalue weighted by Gasteiger charge is -2.42. The zero-order valence-corrected chi connectivity index (χ0v) is 9.24. The Balaban J connectivity index is 2.64. The van der Waals surface area contributed by atoms with E-state index in [0.29, 0.717) is 0 Å². The Morgan fingerprint density at radius 1 is 1.50 bits per heavy atom. The zero-order chi connectivity index (χ0) is 13.9. The van der Waals surface area contributed by atoms with Crippen LogP contribution < -0.4 is 5.32 Å². The second-order valence-corrected chi connectivity index (χ2v) is 3.89. The minimum absolute atomic E-state index is 0.160. The molecule has 8 heteroatoms. The van der Waals surface area contributed by atoms with Crippen LogP contribution in [0.15, 0.2) is 12.7 Å². The van der Waals surface area contributed by atoms with E-state index in [1.165, 1.54) is 6.08 Å². The molecule has 0 aromatic rings. The molecule has 2 N–H and O–H groups in total. The molecule has 0 bridgehead atoms. The number of carbonyl (C=O) groups excluding carboxylic acids is 1. The van der Waals surface area contributed by atoms with Crippen molar-refractivity contribution in [3.05, 3.63) is 12.7 Å². The number of carbonyl (C=O) groups is 2. The first-order valence-electron chi connectivity index (χ1n) is 5.11. The van der Waals surface area contributed by atoms with Gasteiger partial charge in [0.1, 0.15) is 6.61 Å².